The lowest BCUT2D eigenvalue weighted by molar-refractivity contribution is 0.295. The maximum Gasteiger partial charge on any atom is 0.0653 e. The third-order valence-electron chi connectivity index (χ3n) is 4.05. The SMILES string of the molecule is CC(C)c1cc(C(C)C)n(C2CCC(N)CC2)n1. The Morgan fingerprint density at radius 2 is 1.72 bits per heavy atom. The molecule has 2 rings (SSSR count). The molecule has 0 amide bonds. The van der Waals surface area contributed by atoms with Crippen LogP contribution in [-0.4, -0.2) is 15.8 Å². The molecule has 1 aromatic heterocycles. The molecule has 1 saturated carbocycles. The summed E-state index contributed by atoms with van der Waals surface area (Å²) in [5, 5.41) is 4.86. The van der Waals surface area contributed by atoms with E-state index in [1.807, 2.05) is 0 Å². The lowest BCUT2D eigenvalue weighted by Gasteiger charge is -2.28. The fraction of sp³-hybridized carbons (Fsp3) is 0.800. The first-order valence-corrected chi connectivity index (χ1v) is 7.34. The molecule has 1 heterocycles. The first-order chi connectivity index (χ1) is 8.49. The van der Waals surface area contributed by atoms with Gasteiger partial charge in [-0.2, -0.15) is 5.10 Å². The van der Waals surface area contributed by atoms with Crippen LogP contribution in [0.5, 0.6) is 0 Å². The molecule has 1 aliphatic carbocycles. The Morgan fingerprint density at radius 1 is 1.11 bits per heavy atom. The molecule has 0 unspecified atom stereocenters. The van der Waals surface area contributed by atoms with Gasteiger partial charge in [0.25, 0.3) is 0 Å². The third-order valence-corrected chi connectivity index (χ3v) is 4.05. The molecule has 0 spiro atoms. The van der Waals surface area contributed by atoms with E-state index < -0.39 is 0 Å². The molecule has 0 aromatic carbocycles. The molecule has 0 saturated heterocycles. The number of rotatable bonds is 3. The molecule has 0 aliphatic heterocycles. The molecule has 18 heavy (non-hydrogen) atoms. The highest BCUT2D eigenvalue weighted by Gasteiger charge is 2.24. The van der Waals surface area contributed by atoms with Gasteiger partial charge in [0.2, 0.25) is 0 Å². The summed E-state index contributed by atoms with van der Waals surface area (Å²) >= 11 is 0. The van der Waals surface area contributed by atoms with Gasteiger partial charge < -0.3 is 5.73 Å². The number of aromatic nitrogens is 2. The Labute approximate surface area is 111 Å². The second-order valence-electron chi connectivity index (χ2n) is 6.32. The quantitative estimate of drug-likeness (QED) is 0.890. The van der Waals surface area contributed by atoms with Gasteiger partial charge in [0, 0.05) is 11.7 Å². The highest BCUT2D eigenvalue weighted by atomic mass is 15.3. The molecule has 0 atom stereocenters. The maximum atomic E-state index is 6.00. The summed E-state index contributed by atoms with van der Waals surface area (Å²) < 4.78 is 2.30. The van der Waals surface area contributed by atoms with E-state index in [4.69, 9.17) is 10.8 Å². The van der Waals surface area contributed by atoms with Crippen molar-refractivity contribution in [3.63, 3.8) is 0 Å². The predicted molar refractivity (Wildman–Crippen MR) is 75.9 cm³/mol. The Kier molecular flexibility index (Phi) is 4.10. The monoisotopic (exact) mass is 249 g/mol. The van der Waals surface area contributed by atoms with Gasteiger partial charge in [0.05, 0.1) is 11.7 Å². The van der Waals surface area contributed by atoms with E-state index >= 15 is 0 Å². The first-order valence-electron chi connectivity index (χ1n) is 7.34. The van der Waals surface area contributed by atoms with Crippen LogP contribution in [0.15, 0.2) is 6.07 Å². The van der Waals surface area contributed by atoms with Crippen LogP contribution in [0.2, 0.25) is 0 Å². The van der Waals surface area contributed by atoms with Crippen molar-refractivity contribution in [2.75, 3.05) is 0 Å². The molecular formula is C15H27N3. The van der Waals surface area contributed by atoms with Crippen LogP contribution in [0.1, 0.15) is 82.6 Å². The van der Waals surface area contributed by atoms with Gasteiger partial charge in [0.15, 0.2) is 0 Å². The van der Waals surface area contributed by atoms with E-state index in [0.717, 1.165) is 12.8 Å². The first kappa shape index (κ1) is 13.6. The summed E-state index contributed by atoms with van der Waals surface area (Å²) in [6.45, 7) is 8.94. The Hall–Kier alpha value is -0.830. The van der Waals surface area contributed by atoms with Crippen LogP contribution in [0.3, 0.4) is 0 Å². The lowest BCUT2D eigenvalue weighted by atomic mass is 9.91. The van der Waals surface area contributed by atoms with Crippen LogP contribution in [0.25, 0.3) is 0 Å². The topological polar surface area (TPSA) is 43.8 Å². The molecule has 1 fully saturated rings. The number of hydrogen-bond acceptors (Lipinski definition) is 2. The minimum absolute atomic E-state index is 0.406. The predicted octanol–water partition coefficient (Wildman–Crippen LogP) is 3.57. The van der Waals surface area contributed by atoms with E-state index in [1.165, 1.54) is 24.2 Å². The number of hydrogen-bond donors (Lipinski definition) is 1. The van der Waals surface area contributed by atoms with E-state index in [1.54, 1.807) is 0 Å². The maximum absolute atomic E-state index is 6.00. The molecule has 102 valence electrons. The van der Waals surface area contributed by atoms with Gasteiger partial charge >= 0.3 is 0 Å². The van der Waals surface area contributed by atoms with E-state index in [-0.39, 0.29) is 0 Å². The summed E-state index contributed by atoms with van der Waals surface area (Å²) in [5.41, 5.74) is 8.61. The molecule has 0 radical (unpaired) electrons. The van der Waals surface area contributed by atoms with Gasteiger partial charge in [-0.05, 0) is 43.6 Å². The highest BCUT2D eigenvalue weighted by Crippen LogP contribution is 2.31. The summed E-state index contributed by atoms with van der Waals surface area (Å²) in [6, 6.07) is 3.27. The second kappa shape index (κ2) is 5.43. The number of nitrogens with zero attached hydrogens (tertiary/aromatic N) is 2. The smallest absolute Gasteiger partial charge is 0.0653 e. The van der Waals surface area contributed by atoms with Crippen LogP contribution in [0, 0.1) is 0 Å². The number of nitrogens with two attached hydrogens (primary N) is 1. The summed E-state index contributed by atoms with van der Waals surface area (Å²) in [4.78, 5) is 0. The van der Waals surface area contributed by atoms with Crippen molar-refractivity contribution in [3.05, 3.63) is 17.5 Å². The zero-order chi connectivity index (χ0) is 13.3. The lowest BCUT2D eigenvalue weighted by Crippen LogP contribution is -2.29. The van der Waals surface area contributed by atoms with E-state index in [9.17, 15) is 0 Å². The Bertz CT molecular complexity index is 384. The van der Waals surface area contributed by atoms with Crippen molar-refractivity contribution in [1.29, 1.82) is 0 Å². The van der Waals surface area contributed by atoms with Crippen molar-refractivity contribution in [3.8, 4) is 0 Å². The zero-order valence-corrected chi connectivity index (χ0v) is 12.2. The molecule has 3 nitrogen and oxygen atoms in total. The molecule has 2 N–H and O–H groups in total. The molecule has 3 heteroatoms. The Morgan fingerprint density at radius 3 is 2.22 bits per heavy atom. The minimum Gasteiger partial charge on any atom is -0.328 e. The minimum atomic E-state index is 0.406. The summed E-state index contributed by atoms with van der Waals surface area (Å²) in [7, 11) is 0. The molecule has 0 bridgehead atoms. The molecule has 1 aliphatic rings. The van der Waals surface area contributed by atoms with Gasteiger partial charge in [-0.3, -0.25) is 4.68 Å². The van der Waals surface area contributed by atoms with Gasteiger partial charge in [0.1, 0.15) is 0 Å². The van der Waals surface area contributed by atoms with Crippen LogP contribution < -0.4 is 5.73 Å². The fourth-order valence-electron chi connectivity index (χ4n) is 2.78. The van der Waals surface area contributed by atoms with Gasteiger partial charge in [-0.15, -0.1) is 0 Å². The van der Waals surface area contributed by atoms with Crippen molar-refractivity contribution < 1.29 is 0 Å². The zero-order valence-electron chi connectivity index (χ0n) is 12.2. The highest BCUT2D eigenvalue weighted by molar-refractivity contribution is 5.17. The third kappa shape index (κ3) is 2.77. The molecule has 1 aromatic rings. The van der Waals surface area contributed by atoms with E-state index in [2.05, 4.69) is 38.4 Å². The Balaban J connectivity index is 2.25. The summed E-state index contributed by atoms with van der Waals surface area (Å²) in [5.74, 6) is 1.05. The fourth-order valence-corrected chi connectivity index (χ4v) is 2.78. The van der Waals surface area contributed by atoms with Gasteiger partial charge in [-0.25, -0.2) is 0 Å². The van der Waals surface area contributed by atoms with Crippen LogP contribution >= 0.6 is 0 Å². The van der Waals surface area contributed by atoms with E-state index in [0.29, 0.717) is 23.9 Å². The van der Waals surface area contributed by atoms with Crippen LogP contribution in [-0.2, 0) is 0 Å². The average molecular weight is 249 g/mol. The van der Waals surface area contributed by atoms with Crippen molar-refractivity contribution in [2.24, 2.45) is 5.73 Å². The van der Waals surface area contributed by atoms with Crippen LogP contribution in [0.4, 0.5) is 0 Å². The van der Waals surface area contributed by atoms with Crippen molar-refractivity contribution >= 4 is 0 Å². The second-order valence-corrected chi connectivity index (χ2v) is 6.32. The average Bonchev–Trinajstić information content (AvgIpc) is 2.75. The largest absolute Gasteiger partial charge is 0.328 e. The van der Waals surface area contributed by atoms with Crippen molar-refractivity contribution in [1.82, 2.24) is 9.78 Å². The van der Waals surface area contributed by atoms with Gasteiger partial charge in [-0.1, -0.05) is 27.7 Å². The standard InChI is InChI=1S/C15H27N3/c1-10(2)14-9-15(11(3)4)18(17-14)13-7-5-12(16)6-8-13/h9-13H,5-8,16H2,1-4H3. The summed E-state index contributed by atoms with van der Waals surface area (Å²) in [6.07, 6.45) is 4.64. The molecular weight excluding hydrogens is 222 g/mol. The normalized spacial score (nSPS) is 25.1. The van der Waals surface area contributed by atoms with Crippen molar-refractivity contribution in [2.45, 2.75) is 77.3 Å².